The summed E-state index contributed by atoms with van der Waals surface area (Å²) in [6.07, 6.45) is 0. The molecule has 0 amide bonds. The highest BCUT2D eigenvalue weighted by Gasteiger charge is 2.25. The van der Waals surface area contributed by atoms with E-state index in [4.69, 9.17) is 5.11 Å². The number of halogens is 4. The largest absolute Gasteiger partial charge is 0.395 e. The average Bonchev–Trinajstić information content (AvgIpc) is 2.47. The molecule has 1 N–H and O–H groups in total. The molecule has 112 valence electrons. The highest BCUT2D eigenvalue weighted by molar-refractivity contribution is 5.49. The van der Waals surface area contributed by atoms with Crippen molar-refractivity contribution in [3.8, 4) is 0 Å². The van der Waals surface area contributed by atoms with E-state index in [1.807, 2.05) is 0 Å². The van der Waals surface area contributed by atoms with Crippen LogP contribution in [0, 0.1) is 23.5 Å². The van der Waals surface area contributed by atoms with Crippen LogP contribution in [0.15, 0.2) is 30.3 Å². The van der Waals surface area contributed by atoms with Crippen LogP contribution in [0.3, 0.4) is 0 Å². The lowest BCUT2D eigenvalue weighted by atomic mass is 10.2. The Kier molecular flexibility index (Phi) is 4.74. The number of hydrogen-bond acceptors (Lipinski definition) is 3. The van der Waals surface area contributed by atoms with E-state index < -0.39 is 35.8 Å². The summed E-state index contributed by atoms with van der Waals surface area (Å²) in [6.45, 7) is -0.638. The van der Waals surface area contributed by atoms with Gasteiger partial charge in [-0.05, 0) is 5.56 Å². The van der Waals surface area contributed by atoms with Crippen molar-refractivity contribution in [3.63, 3.8) is 0 Å². The fourth-order valence-corrected chi connectivity index (χ4v) is 1.95. The number of anilines is 1. The summed E-state index contributed by atoms with van der Waals surface area (Å²) in [5.74, 6) is -6.61. The number of rotatable bonds is 5. The first-order valence-corrected chi connectivity index (χ1v) is 6.14. The summed E-state index contributed by atoms with van der Waals surface area (Å²) in [5.41, 5.74) is -0.208. The van der Waals surface area contributed by atoms with Crippen molar-refractivity contribution in [1.29, 1.82) is 0 Å². The molecule has 0 aliphatic carbocycles. The fraction of sp³-hybridized carbons (Fsp3) is 0.214. The van der Waals surface area contributed by atoms with Crippen LogP contribution in [0.5, 0.6) is 0 Å². The van der Waals surface area contributed by atoms with E-state index in [0.717, 1.165) is 4.90 Å². The van der Waals surface area contributed by atoms with Crippen molar-refractivity contribution < 1.29 is 22.7 Å². The molecule has 1 aromatic heterocycles. The van der Waals surface area contributed by atoms with Crippen LogP contribution in [0.25, 0.3) is 0 Å². The van der Waals surface area contributed by atoms with Crippen LogP contribution in [-0.2, 0) is 6.54 Å². The van der Waals surface area contributed by atoms with E-state index in [1.54, 1.807) is 30.3 Å². The second-order valence-electron chi connectivity index (χ2n) is 4.30. The van der Waals surface area contributed by atoms with Crippen LogP contribution in [0.1, 0.15) is 5.56 Å². The minimum Gasteiger partial charge on any atom is -0.395 e. The monoisotopic (exact) mass is 300 g/mol. The molecule has 0 aliphatic heterocycles. The zero-order chi connectivity index (χ0) is 15.4. The van der Waals surface area contributed by atoms with Gasteiger partial charge >= 0.3 is 0 Å². The first-order chi connectivity index (χ1) is 10.0. The summed E-state index contributed by atoms with van der Waals surface area (Å²) in [4.78, 5) is 3.53. The van der Waals surface area contributed by atoms with Gasteiger partial charge in [0.2, 0.25) is 11.6 Å². The van der Waals surface area contributed by atoms with Crippen molar-refractivity contribution in [2.45, 2.75) is 6.54 Å². The van der Waals surface area contributed by atoms with E-state index in [0.29, 0.717) is 5.56 Å². The van der Waals surface area contributed by atoms with Gasteiger partial charge in [-0.2, -0.15) is 22.5 Å². The molecule has 2 aromatic rings. The van der Waals surface area contributed by atoms with E-state index in [2.05, 4.69) is 4.98 Å². The smallest absolute Gasteiger partial charge is 0.253 e. The molecule has 0 atom stereocenters. The van der Waals surface area contributed by atoms with Crippen LogP contribution in [-0.4, -0.2) is 23.2 Å². The number of aromatic nitrogens is 1. The standard InChI is InChI=1S/C14H12F4N2O/c15-10-12(11(16)14(18)19-13(10)17)20(6-7-21)8-9-4-2-1-3-5-9/h1-5,21H,6-8H2. The number of benzene rings is 1. The SMILES string of the molecule is OCCN(Cc1ccccc1)c1c(F)c(F)nc(F)c1F. The Balaban J connectivity index is 2.43. The molecule has 0 bridgehead atoms. The Labute approximate surface area is 118 Å². The third-order valence-electron chi connectivity index (χ3n) is 2.88. The van der Waals surface area contributed by atoms with Crippen LogP contribution < -0.4 is 4.90 Å². The van der Waals surface area contributed by atoms with Gasteiger partial charge in [0.25, 0.3) is 11.9 Å². The predicted octanol–water partition coefficient (Wildman–Crippen LogP) is 2.64. The Bertz CT molecular complexity index is 596. The molecule has 0 radical (unpaired) electrons. The minimum atomic E-state index is -1.72. The van der Waals surface area contributed by atoms with Crippen molar-refractivity contribution >= 4 is 5.69 Å². The number of nitrogens with zero attached hydrogens (tertiary/aromatic N) is 2. The molecule has 1 heterocycles. The van der Waals surface area contributed by atoms with Gasteiger partial charge in [-0.1, -0.05) is 30.3 Å². The highest BCUT2D eigenvalue weighted by Crippen LogP contribution is 2.27. The summed E-state index contributed by atoms with van der Waals surface area (Å²) < 4.78 is 53.9. The Morgan fingerprint density at radius 2 is 1.52 bits per heavy atom. The molecule has 1 aromatic carbocycles. The van der Waals surface area contributed by atoms with Gasteiger partial charge in [0.1, 0.15) is 5.69 Å². The molecule has 3 nitrogen and oxygen atoms in total. The second-order valence-corrected chi connectivity index (χ2v) is 4.30. The van der Waals surface area contributed by atoms with Gasteiger partial charge in [-0.15, -0.1) is 0 Å². The predicted molar refractivity (Wildman–Crippen MR) is 68.6 cm³/mol. The maximum atomic E-state index is 13.8. The molecular formula is C14H12F4N2O. The lowest BCUT2D eigenvalue weighted by molar-refractivity contribution is 0.299. The van der Waals surface area contributed by atoms with E-state index >= 15 is 0 Å². The van der Waals surface area contributed by atoms with E-state index in [9.17, 15) is 17.6 Å². The first-order valence-electron chi connectivity index (χ1n) is 6.14. The van der Waals surface area contributed by atoms with E-state index in [1.165, 1.54) is 0 Å². The fourth-order valence-electron chi connectivity index (χ4n) is 1.95. The zero-order valence-corrected chi connectivity index (χ0v) is 10.9. The third-order valence-corrected chi connectivity index (χ3v) is 2.88. The Morgan fingerprint density at radius 1 is 0.952 bits per heavy atom. The molecule has 21 heavy (non-hydrogen) atoms. The van der Waals surface area contributed by atoms with Gasteiger partial charge in [0.05, 0.1) is 6.61 Å². The molecule has 0 saturated heterocycles. The van der Waals surface area contributed by atoms with Gasteiger partial charge in [0.15, 0.2) is 0 Å². The van der Waals surface area contributed by atoms with Gasteiger partial charge in [-0.25, -0.2) is 0 Å². The molecule has 0 aliphatic rings. The lowest BCUT2D eigenvalue weighted by Gasteiger charge is -2.25. The third kappa shape index (κ3) is 3.30. The molecule has 2 rings (SSSR count). The highest BCUT2D eigenvalue weighted by atomic mass is 19.2. The van der Waals surface area contributed by atoms with Crippen LogP contribution >= 0.6 is 0 Å². The Morgan fingerprint density at radius 3 is 2.05 bits per heavy atom. The maximum Gasteiger partial charge on any atom is 0.253 e. The summed E-state index contributed by atoms with van der Waals surface area (Å²) >= 11 is 0. The topological polar surface area (TPSA) is 36.4 Å². The maximum absolute atomic E-state index is 13.8. The molecule has 0 saturated carbocycles. The van der Waals surface area contributed by atoms with Crippen LogP contribution in [0.4, 0.5) is 23.2 Å². The molecule has 0 spiro atoms. The Hall–Kier alpha value is -2.15. The van der Waals surface area contributed by atoms with E-state index in [-0.39, 0.29) is 13.1 Å². The van der Waals surface area contributed by atoms with Crippen molar-refractivity contribution in [2.24, 2.45) is 0 Å². The number of pyridine rings is 1. The summed E-state index contributed by atoms with van der Waals surface area (Å²) in [6, 6.07) is 8.56. The summed E-state index contributed by atoms with van der Waals surface area (Å²) in [5, 5.41) is 9.01. The average molecular weight is 300 g/mol. The number of aliphatic hydroxyl groups is 1. The first kappa shape index (κ1) is 15.2. The summed E-state index contributed by atoms with van der Waals surface area (Å²) in [7, 11) is 0. The molecular weight excluding hydrogens is 288 g/mol. The van der Waals surface area contributed by atoms with Gasteiger partial charge in [0, 0.05) is 13.1 Å². The van der Waals surface area contributed by atoms with Crippen LogP contribution in [0.2, 0.25) is 0 Å². The van der Waals surface area contributed by atoms with Gasteiger partial charge < -0.3 is 10.0 Å². The lowest BCUT2D eigenvalue weighted by Crippen LogP contribution is -2.29. The number of aliphatic hydroxyl groups excluding tert-OH is 1. The molecule has 7 heteroatoms. The molecule has 0 fully saturated rings. The normalized spacial score (nSPS) is 10.7. The second kappa shape index (κ2) is 6.53. The van der Waals surface area contributed by atoms with Crippen molar-refractivity contribution in [3.05, 3.63) is 59.4 Å². The van der Waals surface area contributed by atoms with Gasteiger partial charge in [-0.3, -0.25) is 0 Å². The van der Waals surface area contributed by atoms with Crippen molar-refractivity contribution in [2.75, 3.05) is 18.1 Å². The quantitative estimate of drug-likeness (QED) is 0.681. The molecule has 0 unspecified atom stereocenters. The van der Waals surface area contributed by atoms with Crippen molar-refractivity contribution in [1.82, 2.24) is 4.98 Å². The number of hydrogen-bond donors (Lipinski definition) is 1. The minimum absolute atomic E-state index is 0.0157. The zero-order valence-electron chi connectivity index (χ0n) is 10.9.